The van der Waals surface area contributed by atoms with Crippen molar-refractivity contribution in [2.24, 2.45) is 0 Å². The molecule has 70 valence electrons. The highest BCUT2D eigenvalue weighted by molar-refractivity contribution is 7.96. The minimum absolute atomic E-state index is 0.205. The summed E-state index contributed by atoms with van der Waals surface area (Å²) in [5.74, 6) is 1.33. The zero-order valence-electron chi connectivity index (χ0n) is 7.75. The highest BCUT2D eigenvalue weighted by Gasteiger charge is 2.17. The molecule has 1 aliphatic heterocycles. The Kier molecular flexibility index (Phi) is 3.88. The normalized spacial score (nSPS) is 19.7. The van der Waals surface area contributed by atoms with Crippen LogP contribution in [0, 0.1) is 0 Å². The number of carbonyl (C=O) groups is 1. The lowest BCUT2D eigenvalue weighted by Gasteiger charge is -2.32. The minimum Gasteiger partial charge on any atom is -0.340 e. The lowest BCUT2D eigenvalue weighted by atomic mass is 10.3. The number of hydrogen-bond acceptors (Lipinski definition) is 3. The van der Waals surface area contributed by atoms with Gasteiger partial charge in [0.25, 0.3) is 0 Å². The number of piperazine rings is 1. The second kappa shape index (κ2) is 4.72. The SMILES string of the molecule is CCSN1CCN(C(C)=O)CC1. The third kappa shape index (κ3) is 2.68. The van der Waals surface area contributed by atoms with E-state index >= 15 is 0 Å². The molecule has 1 rings (SSSR count). The molecule has 1 amide bonds. The smallest absolute Gasteiger partial charge is 0.219 e. The second-order valence-corrected chi connectivity index (χ2v) is 4.20. The van der Waals surface area contributed by atoms with Gasteiger partial charge in [0, 0.05) is 38.9 Å². The van der Waals surface area contributed by atoms with Gasteiger partial charge >= 0.3 is 0 Å². The topological polar surface area (TPSA) is 23.6 Å². The Bertz CT molecular complexity index is 155. The maximum atomic E-state index is 11.0. The fourth-order valence-corrected chi connectivity index (χ4v) is 2.10. The first-order valence-electron chi connectivity index (χ1n) is 4.37. The van der Waals surface area contributed by atoms with Crippen molar-refractivity contribution in [1.82, 2.24) is 9.21 Å². The van der Waals surface area contributed by atoms with Gasteiger partial charge in [0.05, 0.1) is 0 Å². The monoisotopic (exact) mass is 188 g/mol. The van der Waals surface area contributed by atoms with Crippen LogP contribution in [0.3, 0.4) is 0 Å². The fraction of sp³-hybridized carbons (Fsp3) is 0.875. The van der Waals surface area contributed by atoms with Crippen LogP contribution in [-0.2, 0) is 4.79 Å². The molecule has 0 aromatic rings. The second-order valence-electron chi connectivity index (χ2n) is 2.85. The fourth-order valence-electron chi connectivity index (χ4n) is 1.31. The van der Waals surface area contributed by atoms with Gasteiger partial charge in [-0.2, -0.15) is 0 Å². The van der Waals surface area contributed by atoms with Crippen LogP contribution in [0.5, 0.6) is 0 Å². The van der Waals surface area contributed by atoms with Gasteiger partial charge in [-0.3, -0.25) is 4.79 Å². The Hall–Kier alpha value is -0.220. The van der Waals surface area contributed by atoms with Crippen LogP contribution in [0.25, 0.3) is 0 Å². The molecule has 0 spiro atoms. The number of amides is 1. The Morgan fingerprint density at radius 1 is 1.33 bits per heavy atom. The summed E-state index contributed by atoms with van der Waals surface area (Å²) in [6, 6.07) is 0. The highest BCUT2D eigenvalue weighted by Crippen LogP contribution is 2.12. The summed E-state index contributed by atoms with van der Waals surface area (Å²) in [4.78, 5) is 12.9. The van der Waals surface area contributed by atoms with E-state index in [9.17, 15) is 4.79 Å². The van der Waals surface area contributed by atoms with E-state index in [-0.39, 0.29) is 5.91 Å². The van der Waals surface area contributed by atoms with Crippen molar-refractivity contribution in [3.63, 3.8) is 0 Å². The molecule has 12 heavy (non-hydrogen) atoms. The van der Waals surface area contributed by atoms with Gasteiger partial charge in [-0.25, -0.2) is 4.31 Å². The molecule has 0 aliphatic carbocycles. The van der Waals surface area contributed by atoms with Gasteiger partial charge in [0.15, 0.2) is 0 Å². The minimum atomic E-state index is 0.205. The molecular weight excluding hydrogens is 172 g/mol. The van der Waals surface area contributed by atoms with Gasteiger partial charge in [-0.15, -0.1) is 0 Å². The molecule has 0 atom stereocenters. The van der Waals surface area contributed by atoms with Gasteiger partial charge in [0.2, 0.25) is 5.91 Å². The zero-order chi connectivity index (χ0) is 8.97. The first-order chi connectivity index (χ1) is 5.74. The van der Waals surface area contributed by atoms with E-state index in [1.807, 2.05) is 16.8 Å². The molecule has 1 heterocycles. The zero-order valence-corrected chi connectivity index (χ0v) is 8.56. The standard InChI is InChI=1S/C8H16N2OS/c1-3-12-10-6-4-9(5-7-10)8(2)11/h3-7H2,1-2H3. The molecule has 3 nitrogen and oxygen atoms in total. The molecule has 1 saturated heterocycles. The quantitative estimate of drug-likeness (QED) is 0.599. The van der Waals surface area contributed by atoms with E-state index in [2.05, 4.69) is 11.2 Å². The van der Waals surface area contributed by atoms with Gasteiger partial charge in [-0.05, 0) is 0 Å². The molecule has 1 fully saturated rings. The van der Waals surface area contributed by atoms with Crippen LogP contribution in [0.4, 0.5) is 0 Å². The summed E-state index contributed by atoms with van der Waals surface area (Å²) in [5, 5.41) is 0. The summed E-state index contributed by atoms with van der Waals surface area (Å²) in [5.41, 5.74) is 0. The molecule has 0 unspecified atom stereocenters. The Balaban J connectivity index is 2.25. The van der Waals surface area contributed by atoms with Crippen molar-refractivity contribution in [3.8, 4) is 0 Å². The highest BCUT2D eigenvalue weighted by atomic mass is 32.2. The van der Waals surface area contributed by atoms with E-state index in [1.165, 1.54) is 0 Å². The summed E-state index contributed by atoms with van der Waals surface area (Å²) >= 11 is 1.86. The molecule has 0 aromatic carbocycles. The maximum absolute atomic E-state index is 11.0. The number of rotatable bonds is 2. The lowest BCUT2D eigenvalue weighted by Crippen LogP contribution is -2.45. The number of nitrogens with zero attached hydrogens (tertiary/aromatic N) is 2. The van der Waals surface area contributed by atoms with Crippen molar-refractivity contribution in [1.29, 1.82) is 0 Å². The Morgan fingerprint density at radius 3 is 2.33 bits per heavy atom. The van der Waals surface area contributed by atoms with Crippen molar-refractivity contribution in [2.75, 3.05) is 31.9 Å². The first-order valence-corrected chi connectivity index (χ1v) is 5.31. The van der Waals surface area contributed by atoms with Gasteiger partial charge < -0.3 is 4.90 Å². The van der Waals surface area contributed by atoms with Crippen LogP contribution < -0.4 is 0 Å². The van der Waals surface area contributed by atoms with E-state index in [1.54, 1.807) is 6.92 Å². The molecule has 0 aromatic heterocycles. The summed E-state index contributed by atoms with van der Waals surface area (Å²) in [7, 11) is 0. The van der Waals surface area contributed by atoms with Crippen molar-refractivity contribution in [2.45, 2.75) is 13.8 Å². The maximum Gasteiger partial charge on any atom is 0.219 e. The average molecular weight is 188 g/mol. The Morgan fingerprint density at radius 2 is 1.92 bits per heavy atom. The van der Waals surface area contributed by atoms with Crippen LogP contribution in [0.15, 0.2) is 0 Å². The molecule has 1 aliphatic rings. The Labute approximate surface area is 78.2 Å². The summed E-state index contributed by atoms with van der Waals surface area (Å²) in [6.45, 7) is 7.60. The predicted molar refractivity (Wildman–Crippen MR) is 52.0 cm³/mol. The van der Waals surface area contributed by atoms with Crippen molar-refractivity contribution in [3.05, 3.63) is 0 Å². The van der Waals surface area contributed by atoms with E-state index < -0.39 is 0 Å². The predicted octanol–water partition coefficient (Wildman–Crippen LogP) is 0.819. The molecule has 0 saturated carbocycles. The van der Waals surface area contributed by atoms with Crippen LogP contribution in [0.2, 0.25) is 0 Å². The lowest BCUT2D eigenvalue weighted by molar-refractivity contribution is -0.129. The largest absolute Gasteiger partial charge is 0.340 e. The van der Waals surface area contributed by atoms with Crippen LogP contribution in [-0.4, -0.2) is 47.0 Å². The van der Waals surface area contributed by atoms with Crippen LogP contribution in [0.1, 0.15) is 13.8 Å². The van der Waals surface area contributed by atoms with E-state index in [4.69, 9.17) is 0 Å². The third-order valence-electron chi connectivity index (χ3n) is 2.00. The van der Waals surface area contributed by atoms with E-state index in [0.717, 1.165) is 31.9 Å². The van der Waals surface area contributed by atoms with Crippen molar-refractivity contribution >= 4 is 17.9 Å². The number of carbonyl (C=O) groups excluding carboxylic acids is 1. The molecule has 0 bridgehead atoms. The first kappa shape index (κ1) is 9.86. The summed E-state index contributed by atoms with van der Waals surface area (Å²) < 4.78 is 2.33. The van der Waals surface area contributed by atoms with Crippen molar-refractivity contribution < 1.29 is 4.79 Å². The average Bonchev–Trinajstić information content (AvgIpc) is 2.06. The molecule has 4 heteroatoms. The number of hydrogen-bond donors (Lipinski definition) is 0. The van der Waals surface area contributed by atoms with Crippen LogP contribution >= 0.6 is 11.9 Å². The van der Waals surface area contributed by atoms with Gasteiger partial charge in [0.1, 0.15) is 0 Å². The molecule has 0 N–H and O–H groups in total. The molecule has 0 radical (unpaired) electrons. The summed E-state index contributed by atoms with van der Waals surface area (Å²) in [6.07, 6.45) is 0. The van der Waals surface area contributed by atoms with E-state index in [0.29, 0.717) is 0 Å². The molecular formula is C8H16N2OS. The third-order valence-corrected chi connectivity index (χ3v) is 2.98. The van der Waals surface area contributed by atoms with Gasteiger partial charge in [-0.1, -0.05) is 18.9 Å².